The Morgan fingerprint density at radius 3 is 1.71 bits per heavy atom. The molecule has 0 rings (SSSR count). The third kappa shape index (κ3) is 10.6. The summed E-state index contributed by atoms with van der Waals surface area (Å²) in [6.45, 7) is 3.27. The average molecular weight is 268 g/mol. The van der Waals surface area contributed by atoms with E-state index in [-0.39, 0.29) is 31.5 Å². The maximum atomic E-state index is 9.76. The first-order chi connectivity index (χ1) is 7.87. The van der Waals surface area contributed by atoms with Gasteiger partial charge < -0.3 is 20.4 Å². The Kier molecular flexibility index (Phi) is 12.1. The summed E-state index contributed by atoms with van der Waals surface area (Å²) in [6, 6.07) is 0. The number of carbonyl (C=O) groups is 1. The van der Waals surface area contributed by atoms with Gasteiger partial charge in [0.15, 0.2) is 0 Å². The summed E-state index contributed by atoms with van der Waals surface area (Å²) in [5.74, 6) is -0.789. The van der Waals surface area contributed by atoms with Gasteiger partial charge in [-0.15, -0.1) is 0 Å². The monoisotopic (exact) mass is 268 g/mol. The SMILES string of the molecule is CC(S)CC(=O)O.CCCC(CO)(CO)CO. The van der Waals surface area contributed by atoms with Gasteiger partial charge in [0.05, 0.1) is 26.2 Å². The highest BCUT2D eigenvalue weighted by atomic mass is 32.1. The van der Waals surface area contributed by atoms with Crippen molar-refractivity contribution in [3.63, 3.8) is 0 Å². The van der Waals surface area contributed by atoms with Crippen molar-refractivity contribution < 1.29 is 25.2 Å². The zero-order valence-electron chi connectivity index (χ0n) is 10.5. The lowest BCUT2D eigenvalue weighted by atomic mass is 9.86. The molecule has 0 aliphatic rings. The minimum absolute atomic E-state index is 0.0301. The van der Waals surface area contributed by atoms with Gasteiger partial charge in [-0.05, 0) is 6.42 Å². The summed E-state index contributed by atoms with van der Waals surface area (Å²) < 4.78 is 0. The van der Waals surface area contributed by atoms with Gasteiger partial charge >= 0.3 is 5.97 Å². The second-order valence-electron chi connectivity index (χ2n) is 4.17. The van der Waals surface area contributed by atoms with Crippen LogP contribution in [0.5, 0.6) is 0 Å². The van der Waals surface area contributed by atoms with E-state index >= 15 is 0 Å². The summed E-state index contributed by atoms with van der Waals surface area (Å²) >= 11 is 3.86. The summed E-state index contributed by atoms with van der Waals surface area (Å²) in [7, 11) is 0. The number of carboxylic acid groups (broad SMARTS) is 1. The first-order valence-electron chi connectivity index (χ1n) is 5.60. The molecule has 0 aromatic carbocycles. The molecule has 0 heterocycles. The summed E-state index contributed by atoms with van der Waals surface area (Å²) in [6.07, 6.45) is 1.67. The maximum Gasteiger partial charge on any atom is 0.304 e. The van der Waals surface area contributed by atoms with Gasteiger partial charge in [-0.3, -0.25) is 4.79 Å². The third-order valence-electron chi connectivity index (χ3n) is 2.26. The van der Waals surface area contributed by atoms with E-state index in [4.69, 9.17) is 20.4 Å². The second-order valence-corrected chi connectivity index (χ2v) is 5.05. The van der Waals surface area contributed by atoms with Crippen LogP contribution in [0.2, 0.25) is 0 Å². The molecule has 0 aromatic heterocycles. The fourth-order valence-corrected chi connectivity index (χ4v) is 1.33. The van der Waals surface area contributed by atoms with Crippen molar-refractivity contribution in [2.45, 2.75) is 38.4 Å². The normalized spacial score (nSPS) is 12.6. The quantitative estimate of drug-likeness (QED) is 0.434. The van der Waals surface area contributed by atoms with Gasteiger partial charge in [0.1, 0.15) is 0 Å². The van der Waals surface area contributed by atoms with Crippen LogP contribution in [0.3, 0.4) is 0 Å². The minimum atomic E-state index is -0.789. The Morgan fingerprint density at radius 2 is 1.65 bits per heavy atom. The van der Waals surface area contributed by atoms with E-state index in [2.05, 4.69) is 12.6 Å². The Balaban J connectivity index is 0. The van der Waals surface area contributed by atoms with Crippen molar-refractivity contribution in [3.05, 3.63) is 0 Å². The van der Waals surface area contributed by atoms with Crippen LogP contribution < -0.4 is 0 Å². The van der Waals surface area contributed by atoms with Crippen LogP contribution in [0.1, 0.15) is 33.1 Å². The summed E-state index contributed by atoms with van der Waals surface area (Å²) in [5, 5.41) is 34.4. The molecule has 104 valence electrons. The van der Waals surface area contributed by atoms with Crippen LogP contribution in [0.4, 0.5) is 0 Å². The van der Waals surface area contributed by atoms with Crippen LogP contribution in [-0.2, 0) is 4.79 Å². The lowest BCUT2D eigenvalue weighted by Crippen LogP contribution is -2.33. The third-order valence-corrected chi connectivity index (χ3v) is 2.44. The number of carboxylic acids is 1. The molecule has 0 aliphatic heterocycles. The number of hydrogen-bond acceptors (Lipinski definition) is 5. The van der Waals surface area contributed by atoms with Crippen molar-refractivity contribution in [1.29, 1.82) is 0 Å². The number of hydrogen-bond donors (Lipinski definition) is 5. The maximum absolute atomic E-state index is 9.76. The first kappa shape index (κ1) is 19.0. The van der Waals surface area contributed by atoms with Crippen molar-refractivity contribution in [2.24, 2.45) is 5.41 Å². The molecule has 1 unspecified atom stereocenters. The minimum Gasteiger partial charge on any atom is -0.481 e. The molecule has 6 heteroatoms. The van der Waals surface area contributed by atoms with E-state index in [1.54, 1.807) is 6.92 Å². The van der Waals surface area contributed by atoms with E-state index in [9.17, 15) is 4.79 Å². The van der Waals surface area contributed by atoms with Gasteiger partial charge in [-0.2, -0.15) is 12.6 Å². The number of rotatable bonds is 7. The Bertz CT molecular complexity index is 184. The van der Waals surface area contributed by atoms with Crippen LogP contribution in [0, 0.1) is 5.41 Å². The number of thiol groups is 1. The van der Waals surface area contributed by atoms with Crippen molar-refractivity contribution in [2.75, 3.05) is 19.8 Å². The highest BCUT2D eigenvalue weighted by Crippen LogP contribution is 2.21. The largest absolute Gasteiger partial charge is 0.481 e. The molecule has 0 aromatic rings. The van der Waals surface area contributed by atoms with Crippen molar-refractivity contribution in [3.8, 4) is 0 Å². The van der Waals surface area contributed by atoms with Gasteiger partial charge in [-0.1, -0.05) is 20.3 Å². The van der Waals surface area contributed by atoms with E-state index in [1.807, 2.05) is 6.92 Å². The number of aliphatic carboxylic acids is 1. The summed E-state index contributed by atoms with van der Waals surface area (Å²) in [4.78, 5) is 9.76. The van der Waals surface area contributed by atoms with Gasteiger partial charge in [0.2, 0.25) is 0 Å². The highest BCUT2D eigenvalue weighted by molar-refractivity contribution is 7.80. The number of aliphatic hydroxyl groups excluding tert-OH is 3. The molecular formula is C11H24O5S. The molecule has 0 saturated heterocycles. The standard InChI is InChI=1S/C7H16O3.C4H8O2S/c1-2-3-7(4-8,5-9)6-10;1-3(7)2-4(5)6/h8-10H,2-6H2,1H3;3,7H,2H2,1H3,(H,5,6). The van der Waals surface area contributed by atoms with Crippen LogP contribution in [0.15, 0.2) is 0 Å². The fraction of sp³-hybridized carbons (Fsp3) is 0.909. The first-order valence-corrected chi connectivity index (χ1v) is 6.11. The molecule has 1 atom stereocenters. The Labute approximate surface area is 108 Å². The van der Waals surface area contributed by atoms with E-state index < -0.39 is 11.4 Å². The topological polar surface area (TPSA) is 98.0 Å². The van der Waals surface area contributed by atoms with Crippen molar-refractivity contribution in [1.82, 2.24) is 0 Å². The molecule has 0 bridgehead atoms. The van der Waals surface area contributed by atoms with E-state index in [0.29, 0.717) is 6.42 Å². The van der Waals surface area contributed by atoms with E-state index in [0.717, 1.165) is 6.42 Å². The molecule has 0 aliphatic carbocycles. The molecule has 0 saturated carbocycles. The van der Waals surface area contributed by atoms with E-state index in [1.165, 1.54) is 0 Å². The van der Waals surface area contributed by atoms with Crippen molar-refractivity contribution >= 4 is 18.6 Å². The van der Waals surface area contributed by atoms with Gasteiger partial charge in [0.25, 0.3) is 0 Å². The predicted molar refractivity (Wildman–Crippen MR) is 69.3 cm³/mol. The zero-order valence-corrected chi connectivity index (χ0v) is 11.4. The van der Waals surface area contributed by atoms with Crippen LogP contribution in [0.25, 0.3) is 0 Å². The smallest absolute Gasteiger partial charge is 0.304 e. The fourth-order valence-electron chi connectivity index (χ4n) is 1.17. The van der Waals surface area contributed by atoms with Gasteiger partial charge in [0, 0.05) is 10.7 Å². The van der Waals surface area contributed by atoms with Crippen LogP contribution >= 0.6 is 12.6 Å². The summed E-state index contributed by atoms with van der Waals surface area (Å²) in [5.41, 5.74) is -0.658. The highest BCUT2D eigenvalue weighted by Gasteiger charge is 2.26. The molecular weight excluding hydrogens is 244 g/mol. The molecule has 4 N–H and O–H groups in total. The second kappa shape index (κ2) is 10.8. The molecule has 0 amide bonds. The average Bonchev–Trinajstić information content (AvgIpc) is 2.25. The Hall–Kier alpha value is -0.300. The predicted octanol–water partition coefficient (Wildman–Crippen LogP) is 0.529. The molecule has 5 nitrogen and oxygen atoms in total. The number of aliphatic hydroxyl groups is 3. The molecule has 0 fully saturated rings. The van der Waals surface area contributed by atoms with Crippen LogP contribution in [-0.4, -0.2) is 51.5 Å². The lowest BCUT2D eigenvalue weighted by Gasteiger charge is -2.26. The zero-order chi connectivity index (χ0) is 13.9. The molecule has 0 radical (unpaired) electrons. The van der Waals surface area contributed by atoms with Gasteiger partial charge in [-0.25, -0.2) is 0 Å². The Morgan fingerprint density at radius 1 is 1.24 bits per heavy atom. The molecule has 0 spiro atoms. The molecule has 17 heavy (non-hydrogen) atoms. The lowest BCUT2D eigenvalue weighted by molar-refractivity contribution is -0.136.